The predicted molar refractivity (Wildman–Crippen MR) is 68.7 cm³/mol. The van der Waals surface area contributed by atoms with Gasteiger partial charge in [-0.15, -0.1) is 0 Å². The third-order valence-corrected chi connectivity index (χ3v) is 3.36. The molecule has 0 spiro atoms. The van der Waals surface area contributed by atoms with Crippen LogP contribution in [0, 0.1) is 0 Å². The van der Waals surface area contributed by atoms with Crippen LogP contribution in [0.3, 0.4) is 0 Å². The standard InChI is InChI=1S/C11H16Cl2N2O2/c1-7(4-3-5-16)14-11(17)9-6-8(12)10(13)15(9)2/h6-7,16H,3-5H2,1-2H3,(H,14,17). The first-order valence-corrected chi connectivity index (χ1v) is 6.15. The quantitative estimate of drug-likeness (QED) is 0.868. The minimum absolute atomic E-state index is 0.00195. The summed E-state index contributed by atoms with van der Waals surface area (Å²) in [5.74, 6) is -0.216. The lowest BCUT2D eigenvalue weighted by Gasteiger charge is -2.13. The molecule has 2 N–H and O–H groups in total. The molecule has 4 nitrogen and oxygen atoms in total. The van der Waals surface area contributed by atoms with E-state index in [0.717, 1.165) is 6.42 Å². The number of aliphatic hydroxyl groups excluding tert-OH is 1. The Balaban J connectivity index is 2.67. The van der Waals surface area contributed by atoms with E-state index >= 15 is 0 Å². The van der Waals surface area contributed by atoms with Gasteiger partial charge in [0.05, 0.1) is 5.02 Å². The van der Waals surface area contributed by atoms with Gasteiger partial charge in [-0.25, -0.2) is 0 Å². The smallest absolute Gasteiger partial charge is 0.268 e. The van der Waals surface area contributed by atoms with E-state index in [2.05, 4.69) is 5.32 Å². The molecule has 17 heavy (non-hydrogen) atoms. The summed E-state index contributed by atoms with van der Waals surface area (Å²) in [6.45, 7) is 2.02. The second-order valence-electron chi connectivity index (χ2n) is 3.97. The maximum absolute atomic E-state index is 11.9. The normalized spacial score (nSPS) is 12.5. The number of nitrogens with zero attached hydrogens (tertiary/aromatic N) is 1. The van der Waals surface area contributed by atoms with Crippen LogP contribution < -0.4 is 5.32 Å². The summed E-state index contributed by atoms with van der Waals surface area (Å²) in [5, 5.41) is 12.2. The molecule has 0 aliphatic carbocycles. The second-order valence-corrected chi connectivity index (χ2v) is 4.73. The van der Waals surface area contributed by atoms with Gasteiger partial charge in [0.25, 0.3) is 5.91 Å². The van der Waals surface area contributed by atoms with Crippen LogP contribution in [0.5, 0.6) is 0 Å². The SMILES string of the molecule is CC(CCCO)NC(=O)c1cc(Cl)c(Cl)n1C. The van der Waals surface area contributed by atoms with Gasteiger partial charge in [0.15, 0.2) is 0 Å². The van der Waals surface area contributed by atoms with Crippen molar-refractivity contribution in [3.05, 3.63) is 21.9 Å². The summed E-state index contributed by atoms with van der Waals surface area (Å²) >= 11 is 11.7. The minimum atomic E-state index is -0.216. The molecule has 1 amide bonds. The van der Waals surface area contributed by atoms with Crippen molar-refractivity contribution < 1.29 is 9.90 Å². The lowest BCUT2D eigenvalue weighted by Crippen LogP contribution is -2.33. The Kier molecular flexibility index (Phi) is 5.31. The van der Waals surface area contributed by atoms with Gasteiger partial charge in [-0.2, -0.15) is 0 Å². The average molecular weight is 279 g/mol. The Morgan fingerprint density at radius 2 is 2.24 bits per heavy atom. The molecule has 1 heterocycles. The van der Waals surface area contributed by atoms with Gasteiger partial charge in [0.2, 0.25) is 0 Å². The summed E-state index contributed by atoms with van der Waals surface area (Å²) in [7, 11) is 1.68. The van der Waals surface area contributed by atoms with E-state index < -0.39 is 0 Å². The molecule has 0 saturated heterocycles. The van der Waals surface area contributed by atoms with Crippen LogP contribution in [0.4, 0.5) is 0 Å². The molecular formula is C11H16Cl2N2O2. The third-order valence-electron chi connectivity index (χ3n) is 2.52. The second kappa shape index (κ2) is 6.28. The zero-order chi connectivity index (χ0) is 13.0. The van der Waals surface area contributed by atoms with E-state index in [-0.39, 0.29) is 18.6 Å². The molecule has 96 valence electrons. The highest BCUT2D eigenvalue weighted by atomic mass is 35.5. The largest absolute Gasteiger partial charge is 0.396 e. The Hall–Kier alpha value is -0.710. The van der Waals surface area contributed by atoms with Gasteiger partial charge < -0.3 is 15.0 Å². The van der Waals surface area contributed by atoms with Gasteiger partial charge in [-0.05, 0) is 25.8 Å². The number of aliphatic hydroxyl groups is 1. The van der Waals surface area contributed by atoms with Crippen LogP contribution >= 0.6 is 23.2 Å². The molecule has 1 aromatic heterocycles. The fraction of sp³-hybridized carbons (Fsp3) is 0.545. The van der Waals surface area contributed by atoms with Crippen LogP contribution in [-0.2, 0) is 7.05 Å². The van der Waals surface area contributed by atoms with E-state index in [4.69, 9.17) is 28.3 Å². The predicted octanol–water partition coefficient (Wildman–Crippen LogP) is 2.22. The van der Waals surface area contributed by atoms with E-state index in [1.165, 1.54) is 10.6 Å². The van der Waals surface area contributed by atoms with E-state index in [9.17, 15) is 4.79 Å². The molecule has 1 unspecified atom stereocenters. The van der Waals surface area contributed by atoms with Crippen molar-refractivity contribution in [2.24, 2.45) is 7.05 Å². The lowest BCUT2D eigenvalue weighted by atomic mass is 10.2. The maximum atomic E-state index is 11.9. The lowest BCUT2D eigenvalue weighted by molar-refractivity contribution is 0.0928. The van der Waals surface area contributed by atoms with Crippen molar-refractivity contribution in [2.45, 2.75) is 25.8 Å². The van der Waals surface area contributed by atoms with Crippen molar-refractivity contribution in [3.8, 4) is 0 Å². The van der Waals surface area contributed by atoms with Gasteiger partial charge in [-0.3, -0.25) is 4.79 Å². The minimum Gasteiger partial charge on any atom is -0.396 e. The first-order valence-electron chi connectivity index (χ1n) is 5.39. The fourth-order valence-electron chi connectivity index (χ4n) is 1.53. The molecule has 6 heteroatoms. The highest BCUT2D eigenvalue weighted by Crippen LogP contribution is 2.25. The fourth-order valence-corrected chi connectivity index (χ4v) is 1.90. The van der Waals surface area contributed by atoms with Crippen LogP contribution in [0.25, 0.3) is 0 Å². The van der Waals surface area contributed by atoms with E-state index in [0.29, 0.717) is 22.3 Å². The number of hydrogen-bond donors (Lipinski definition) is 2. The highest BCUT2D eigenvalue weighted by molar-refractivity contribution is 6.41. The third kappa shape index (κ3) is 3.63. The molecule has 0 aliphatic rings. The van der Waals surface area contributed by atoms with Crippen molar-refractivity contribution in [1.82, 2.24) is 9.88 Å². The molecule has 0 saturated carbocycles. The Bertz CT molecular complexity index is 404. The summed E-state index contributed by atoms with van der Waals surface area (Å²) in [6.07, 6.45) is 1.39. The topological polar surface area (TPSA) is 54.3 Å². The number of halogens is 2. The monoisotopic (exact) mass is 278 g/mol. The molecule has 0 aliphatic heterocycles. The Morgan fingerprint density at radius 3 is 2.71 bits per heavy atom. The summed E-state index contributed by atoms with van der Waals surface area (Å²) in [5.41, 5.74) is 0.427. The summed E-state index contributed by atoms with van der Waals surface area (Å²) in [4.78, 5) is 11.9. The number of amides is 1. The molecule has 0 fully saturated rings. The van der Waals surface area contributed by atoms with Crippen molar-refractivity contribution >= 4 is 29.1 Å². The number of aromatic nitrogens is 1. The van der Waals surface area contributed by atoms with Crippen LogP contribution in [0.15, 0.2) is 6.07 Å². The zero-order valence-corrected chi connectivity index (χ0v) is 11.3. The van der Waals surface area contributed by atoms with E-state index in [1.54, 1.807) is 7.05 Å². The molecule has 0 bridgehead atoms. The van der Waals surface area contributed by atoms with Crippen LogP contribution in [0.2, 0.25) is 10.2 Å². The number of rotatable bonds is 5. The van der Waals surface area contributed by atoms with Crippen LogP contribution in [-0.4, -0.2) is 28.2 Å². The number of carbonyl (C=O) groups is 1. The first-order chi connectivity index (χ1) is 7.97. The Labute approximate surface area is 111 Å². The molecular weight excluding hydrogens is 263 g/mol. The molecule has 0 aromatic carbocycles. The van der Waals surface area contributed by atoms with Gasteiger partial charge >= 0.3 is 0 Å². The van der Waals surface area contributed by atoms with Crippen molar-refractivity contribution in [1.29, 1.82) is 0 Å². The first kappa shape index (κ1) is 14.4. The maximum Gasteiger partial charge on any atom is 0.268 e. The summed E-state index contributed by atoms with van der Waals surface area (Å²) < 4.78 is 1.54. The van der Waals surface area contributed by atoms with Gasteiger partial charge in [0, 0.05) is 19.7 Å². The van der Waals surface area contributed by atoms with Crippen molar-refractivity contribution in [2.75, 3.05) is 6.61 Å². The van der Waals surface area contributed by atoms with Crippen LogP contribution in [0.1, 0.15) is 30.3 Å². The molecule has 1 aromatic rings. The highest BCUT2D eigenvalue weighted by Gasteiger charge is 2.16. The Morgan fingerprint density at radius 1 is 1.59 bits per heavy atom. The molecule has 0 radical (unpaired) electrons. The van der Waals surface area contributed by atoms with Crippen molar-refractivity contribution in [3.63, 3.8) is 0 Å². The molecule has 1 atom stereocenters. The van der Waals surface area contributed by atoms with Gasteiger partial charge in [0.1, 0.15) is 10.8 Å². The number of hydrogen-bond acceptors (Lipinski definition) is 2. The van der Waals surface area contributed by atoms with Gasteiger partial charge in [-0.1, -0.05) is 23.2 Å². The molecule has 1 rings (SSSR count). The average Bonchev–Trinajstić information content (AvgIpc) is 2.54. The number of carbonyl (C=O) groups excluding carboxylic acids is 1. The number of nitrogens with one attached hydrogen (secondary N) is 1. The van der Waals surface area contributed by atoms with E-state index in [1.807, 2.05) is 6.92 Å². The summed E-state index contributed by atoms with van der Waals surface area (Å²) in [6, 6.07) is 1.54. The zero-order valence-electron chi connectivity index (χ0n) is 9.83.